The first-order valence-electron chi connectivity index (χ1n) is 6.73. The second kappa shape index (κ2) is 6.41. The Morgan fingerprint density at radius 3 is 2.55 bits per heavy atom. The summed E-state index contributed by atoms with van der Waals surface area (Å²) < 4.78 is 8.81. The van der Waals surface area contributed by atoms with Crippen molar-refractivity contribution in [3.63, 3.8) is 0 Å². The molecule has 20 heavy (non-hydrogen) atoms. The number of nitrogens with two attached hydrogens (primary N) is 1. The first-order chi connectivity index (χ1) is 9.52. The molecule has 0 bridgehead atoms. The first-order valence-corrected chi connectivity index (χ1v) is 7.52. The molecule has 108 valence electrons. The summed E-state index contributed by atoms with van der Waals surface area (Å²) in [5.74, 6) is 0.836. The van der Waals surface area contributed by atoms with Crippen LogP contribution in [0.25, 0.3) is 0 Å². The van der Waals surface area contributed by atoms with Crippen molar-refractivity contribution in [1.29, 1.82) is 0 Å². The number of hydrogen-bond acceptors (Lipinski definition) is 3. The molecule has 1 aromatic heterocycles. The van der Waals surface area contributed by atoms with E-state index < -0.39 is 0 Å². The van der Waals surface area contributed by atoms with Crippen molar-refractivity contribution in [3.05, 3.63) is 45.7 Å². The number of halogens is 1. The van der Waals surface area contributed by atoms with Gasteiger partial charge in [-0.05, 0) is 54.4 Å². The molecule has 0 amide bonds. The second-order valence-electron chi connectivity index (χ2n) is 4.81. The Hall–Kier alpha value is -1.33. The summed E-state index contributed by atoms with van der Waals surface area (Å²) in [5, 5.41) is 4.45. The molecule has 0 unspecified atom stereocenters. The predicted molar refractivity (Wildman–Crippen MR) is 83.7 cm³/mol. The molecule has 2 rings (SSSR count). The van der Waals surface area contributed by atoms with E-state index in [9.17, 15) is 0 Å². The molecule has 0 saturated heterocycles. The average Bonchev–Trinajstić information content (AvgIpc) is 2.72. The van der Waals surface area contributed by atoms with Crippen molar-refractivity contribution in [2.75, 3.05) is 0 Å². The molecule has 2 N–H and O–H groups in total. The van der Waals surface area contributed by atoms with E-state index >= 15 is 0 Å². The van der Waals surface area contributed by atoms with Crippen LogP contribution in [0.4, 0.5) is 0 Å². The van der Waals surface area contributed by atoms with E-state index in [4.69, 9.17) is 10.5 Å². The number of rotatable bonds is 5. The highest BCUT2D eigenvalue weighted by Gasteiger charge is 2.12. The predicted octanol–water partition coefficient (Wildman–Crippen LogP) is 3.57. The van der Waals surface area contributed by atoms with Crippen LogP contribution in [0.2, 0.25) is 0 Å². The molecule has 5 heteroatoms. The number of aryl methyl sites for hydroxylation is 2. The molecule has 0 spiro atoms. The van der Waals surface area contributed by atoms with E-state index in [1.165, 1.54) is 0 Å². The molecule has 1 aromatic carbocycles. The fourth-order valence-corrected chi connectivity index (χ4v) is 2.42. The standard InChI is InChI=1S/C15H20BrN3O/c1-4-19-14(15(16)11(3)18-19)9-20-13-7-5-12(6-8-13)10(2)17/h5-8,10H,4,9,17H2,1-3H3/t10-/m1/s1. The van der Waals surface area contributed by atoms with Crippen molar-refractivity contribution >= 4 is 15.9 Å². The number of nitrogens with zero attached hydrogens (tertiary/aromatic N) is 2. The molecule has 0 radical (unpaired) electrons. The molecule has 0 saturated carbocycles. The molecule has 2 aromatic rings. The minimum atomic E-state index is 0.0439. The lowest BCUT2D eigenvalue weighted by Gasteiger charge is -2.10. The molecule has 1 atom stereocenters. The Morgan fingerprint density at radius 1 is 1.35 bits per heavy atom. The number of ether oxygens (including phenoxy) is 1. The number of aromatic nitrogens is 2. The molecular formula is C15H20BrN3O. The Bertz CT molecular complexity index is 576. The Morgan fingerprint density at radius 2 is 2.00 bits per heavy atom. The van der Waals surface area contributed by atoms with E-state index in [1.807, 2.05) is 42.8 Å². The smallest absolute Gasteiger partial charge is 0.131 e. The van der Waals surface area contributed by atoms with Crippen molar-refractivity contribution in [2.24, 2.45) is 5.73 Å². The molecule has 0 aliphatic rings. The molecule has 4 nitrogen and oxygen atoms in total. The summed E-state index contributed by atoms with van der Waals surface area (Å²) in [6, 6.07) is 7.94. The van der Waals surface area contributed by atoms with Gasteiger partial charge in [-0.15, -0.1) is 0 Å². The number of benzene rings is 1. The maximum atomic E-state index is 5.83. The quantitative estimate of drug-likeness (QED) is 0.907. The Kier molecular flexibility index (Phi) is 4.83. The maximum absolute atomic E-state index is 5.83. The summed E-state index contributed by atoms with van der Waals surface area (Å²) >= 11 is 3.57. The van der Waals surface area contributed by atoms with Gasteiger partial charge in [0, 0.05) is 12.6 Å². The van der Waals surface area contributed by atoms with Gasteiger partial charge in [0.15, 0.2) is 0 Å². The summed E-state index contributed by atoms with van der Waals surface area (Å²) in [4.78, 5) is 0. The zero-order valence-electron chi connectivity index (χ0n) is 12.1. The van der Waals surface area contributed by atoms with Crippen molar-refractivity contribution in [2.45, 2.75) is 40.0 Å². The van der Waals surface area contributed by atoms with Crippen LogP contribution in [0.15, 0.2) is 28.7 Å². The third-order valence-electron chi connectivity index (χ3n) is 3.23. The van der Waals surface area contributed by atoms with Gasteiger partial charge in [-0.2, -0.15) is 5.10 Å². The van der Waals surface area contributed by atoms with E-state index in [1.54, 1.807) is 0 Å². The van der Waals surface area contributed by atoms with Crippen LogP contribution in [-0.2, 0) is 13.2 Å². The highest BCUT2D eigenvalue weighted by molar-refractivity contribution is 9.10. The minimum Gasteiger partial charge on any atom is -0.487 e. The van der Waals surface area contributed by atoms with Crippen LogP contribution in [0.5, 0.6) is 5.75 Å². The van der Waals surface area contributed by atoms with Crippen molar-refractivity contribution in [1.82, 2.24) is 9.78 Å². The topological polar surface area (TPSA) is 53.1 Å². The van der Waals surface area contributed by atoms with Gasteiger partial charge >= 0.3 is 0 Å². The third-order valence-corrected chi connectivity index (χ3v) is 4.27. The lowest BCUT2D eigenvalue weighted by atomic mass is 10.1. The van der Waals surface area contributed by atoms with Crippen molar-refractivity contribution < 1.29 is 4.74 Å². The van der Waals surface area contributed by atoms with Crippen LogP contribution in [0.3, 0.4) is 0 Å². The zero-order chi connectivity index (χ0) is 14.7. The van der Waals surface area contributed by atoms with Crippen LogP contribution < -0.4 is 10.5 Å². The minimum absolute atomic E-state index is 0.0439. The molecule has 1 heterocycles. The SMILES string of the molecule is CCn1nc(C)c(Br)c1COc1ccc([C@@H](C)N)cc1. The van der Waals surface area contributed by atoms with E-state index in [-0.39, 0.29) is 6.04 Å². The van der Waals surface area contributed by atoms with Gasteiger partial charge in [0.25, 0.3) is 0 Å². The van der Waals surface area contributed by atoms with Crippen LogP contribution in [0.1, 0.15) is 36.8 Å². The third kappa shape index (κ3) is 3.22. The Balaban J connectivity index is 2.09. The van der Waals surface area contributed by atoms with E-state index in [0.717, 1.165) is 33.7 Å². The van der Waals surface area contributed by atoms with Crippen molar-refractivity contribution in [3.8, 4) is 5.75 Å². The maximum Gasteiger partial charge on any atom is 0.131 e. The summed E-state index contributed by atoms with van der Waals surface area (Å²) in [6.45, 7) is 7.34. The second-order valence-corrected chi connectivity index (χ2v) is 5.60. The number of hydrogen-bond donors (Lipinski definition) is 1. The monoisotopic (exact) mass is 337 g/mol. The van der Waals surface area contributed by atoms with Crippen LogP contribution in [-0.4, -0.2) is 9.78 Å². The zero-order valence-corrected chi connectivity index (χ0v) is 13.6. The summed E-state index contributed by atoms with van der Waals surface area (Å²) in [6.07, 6.45) is 0. The van der Waals surface area contributed by atoms with Crippen LogP contribution >= 0.6 is 15.9 Å². The fraction of sp³-hybridized carbons (Fsp3) is 0.400. The van der Waals surface area contributed by atoms with Gasteiger partial charge in [-0.25, -0.2) is 0 Å². The first kappa shape index (κ1) is 15.1. The van der Waals surface area contributed by atoms with Gasteiger partial charge in [0.05, 0.1) is 15.9 Å². The lowest BCUT2D eigenvalue weighted by molar-refractivity contribution is 0.291. The average molecular weight is 338 g/mol. The lowest BCUT2D eigenvalue weighted by Crippen LogP contribution is -2.07. The highest BCUT2D eigenvalue weighted by Crippen LogP contribution is 2.23. The Labute approximate surface area is 128 Å². The highest BCUT2D eigenvalue weighted by atomic mass is 79.9. The molecule has 0 aliphatic carbocycles. The van der Waals surface area contributed by atoms with Gasteiger partial charge in [-0.3, -0.25) is 4.68 Å². The summed E-state index contributed by atoms with van der Waals surface area (Å²) in [7, 11) is 0. The molecule has 0 aliphatic heterocycles. The van der Waals surface area contributed by atoms with Gasteiger partial charge in [0.1, 0.15) is 12.4 Å². The van der Waals surface area contributed by atoms with E-state index in [2.05, 4.69) is 28.0 Å². The summed E-state index contributed by atoms with van der Waals surface area (Å²) in [5.41, 5.74) is 8.98. The largest absolute Gasteiger partial charge is 0.487 e. The molecule has 0 fully saturated rings. The van der Waals surface area contributed by atoms with E-state index in [0.29, 0.717) is 6.61 Å². The van der Waals surface area contributed by atoms with Gasteiger partial charge in [-0.1, -0.05) is 12.1 Å². The molecular weight excluding hydrogens is 318 g/mol. The van der Waals surface area contributed by atoms with Crippen LogP contribution in [0, 0.1) is 6.92 Å². The normalized spacial score (nSPS) is 12.4. The fourth-order valence-electron chi connectivity index (χ4n) is 2.03. The van der Waals surface area contributed by atoms with Gasteiger partial charge in [0.2, 0.25) is 0 Å². The van der Waals surface area contributed by atoms with Gasteiger partial charge < -0.3 is 10.5 Å².